The summed E-state index contributed by atoms with van der Waals surface area (Å²) >= 11 is 0. The molecule has 2 fully saturated rings. The van der Waals surface area contributed by atoms with E-state index in [0.29, 0.717) is 18.0 Å². The lowest BCUT2D eigenvalue weighted by molar-refractivity contribution is -0.122. The molecule has 2 aliphatic carbocycles. The summed E-state index contributed by atoms with van der Waals surface area (Å²) in [6, 6.07) is 0. The number of carbonyl (C=O) groups excluding carboxylic acids is 2. The highest BCUT2D eigenvalue weighted by Gasteiger charge is 2.48. The minimum atomic E-state index is -0.144. The molecule has 1 heterocycles. The number of nitrogens with one attached hydrogen (secondary N) is 2. The fourth-order valence-electron chi connectivity index (χ4n) is 2.06. The second-order valence-electron chi connectivity index (χ2n) is 4.97. The molecule has 1 amide bonds. The quantitative estimate of drug-likeness (QED) is 0.788. The molecule has 0 aromatic carbocycles. The first kappa shape index (κ1) is 13.1. The number of hydrogen-bond acceptors (Lipinski definition) is 3. The Balaban J connectivity index is 0.00000120. The van der Waals surface area contributed by atoms with Crippen molar-refractivity contribution in [1.82, 2.24) is 15.3 Å². The predicted molar refractivity (Wildman–Crippen MR) is 67.5 cm³/mol. The van der Waals surface area contributed by atoms with Crippen molar-refractivity contribution in [2.24, 2.45) is 17.8 Å². The molecule has 0 radical (unpaired) electrons. The Kier molecular flexibility index (Phi) is 3.71. The topological polar surface area (TPSA) is 74.8 Å². The van der Waals surface area contributed by atoms with Gasteiger partial charge in [-0.2, -0.15) is 0 Å². The van der Waals surface area contributed by atoms with E-state index >= 15 is 0 Å². The van der Waals surface area contributed by atoms with Crippen molar-refractivity contribution < 1.29 is 9.59 Å². The van der Waals surface area contributed by atoms with Gasteiger partial charge >= 0.3 is 0 Å². The van der Waals surface area contributed by atoms with Crippen LogP contribution in [0.5, 0.6) is 0 Å². The van der Waals surface area contributed by atoms with Gasteiger partial charge in [-0.05, 0) is 25.2 Å². The van der Waals surface area contributed by atoms with Gasteiger partial charge in [0.05, 0.1) is 12.5 Å². The van der Waals surface area contributed by atoms with Gasteiger partial charge in [0.2, 0.25) is 5.91 Å². The Morgan fingerprint density at radius 3 is 2.78 bits per heavy atom. The Bertz CT molecular complexity index is 442. The van der Waals surface area contributed by atoms with Gasteiger partial charge in [-0.15, -0.1) is 12.4 Å². The lowest BCUT2D eigenvalue weighted by atomic mass is 10.1. The molecule has 5 nitrogen and oxygen atoms in total. The first-order valence-electron chi connectivity index (χ1n) is 6.06. The van der Waals surface area contributed by atoms with Gasteiger partial charge in [-0.1, -0.05) is 0 Å². The van der Waals surface area contributed by atoms with Crippen LogP contribution in [0, 0.1) is 17.8 Å². The molecule has 0 unspecified atom stereocenters. The van der Waals surface area contributed by atoms with Gasteiger partial charge in [0.1, 0.15) is 5.69 Å². The van der Waals surface area contributed by atoms with Crippen LogP contribution in [0.4, 0.5) is 0 Å². The van der Waals surface area contributed by atoms with Gasteiger partial charge in [-0.3, -0.25) is 9.59 Å². The molecule has 2 aliphatic rings. The number of aromatic amines is 1. The number of rotatable bonds is 5. The number of hydrogen-bond donors (Lipinski definition) is 2. The number of halogens is 1. The Hall–Kier alpha value is -1.36. The second kappa shape index (κ2) is 5.10. The molecule has 0 saturated heterocycles. The monoisotopic (exact) mass is 269 g/mol. The maximum Gasteiger partial charge on any atom is 0.223 e. The van der Waals surface area contributed by atoms with Crippen LogP contribution < -0.4 is 5.32 Å². The van der Waals surface area contributed by atoms with E-state index in [9.17, 15) is 9.59 Å². The highest BCUT2D eigenvalue weighted by Crippen LogP contribution is 2.41. The van der Waals surface area contributed by atoms with Crippen LogP contribution in [0.25, 0.3) is 0 Å². The number of amides is 1. The van der Waals surface area contributed by atoms with Gasteiger partial charge < -0.3 is 10.3 Å². The average molecular weight is 270 g/mol. The van der Waals surface area contributed by atoms with Crippen LogP contribution in [-0.2, 0) is 4.79 Å². The Morgan fingerprint density at radius 2 is 2.17 bits per heavy atom. The van der Waals surface area contributed by atoms with E-state index in [1.165, 1.54) is 25.4 Å². The normalized spacial score (nSPS) is 25.1. The van der Waals surface area contributed by atoms with E-state index in [0.717, 1.165) is 6.54 Å². The fourth-order valence-corrected chi connectivity index (χ4v) is 2.06. The van der Waals surface area contributed by atoms with Crippen molar-refractivity contribution in [3.8, 4) is 0 Å². The smallest absolute Gasteiger partial charge is 0.223 e. The Morgan fingerprint density at radius 1 is 1.39 bits per heavy atom. The summed E-state index contributed by atoms with van der Waals surface area (Å²) in [6.45, 7) is 0.778. The molecule has 0 spiro atoms. The van der Waals surface area contributed by atoms with E-state index in [1.807, 2.05) is 0 Å². The summed E-state index contributed by atoms with van der Waals surface area (Å²) in [5.74, 6) is 0.461. The van der Waals surface area contributed by atoms with E-state index in [2.05, 4.69) is 15.3 Å². The van der Waals surface area contributed by atoms with E-state index in [1.54, 1.807) is 0 Å². The van der Waals surface area contributed by atoms with Gasteiger partial charge in [0.25, 0.3) is 0 Å². The molecule has 6 heteroatoms. The largest absolute Gasteiger partial charge is 0.356 e. The van der Waals surface area contributed by atoms with Gasteiger partial charge in [0.15, 0.2) is 5.78 Å². The number of carbonyl (C=O) groups is 2. The summed E-state index contributed by atoms with van der Waals surface area (Å²) in [5, 5.41) is 2.92. The molecule has 18 heavy (non-hydrogen) atoms. The van der Waals surface area contributed by atoms with Crippen LogP contribution in [0.3, 0.4) is 0 Å². The molecule has 1 aromatic rings. The minimum absolute atomic E-state index is 0. The van der Waals surface area contributed by atoms with Crippen molar-refractivity contribution >= 4 is 24.1 Å². The molecule has 1 aromatic heterocycles. The highest BCUT2D eigenvalue weighted by atomic mass is 35.5. The number of imidazole rings is 1. The lowest BCUT2D eigenvalue weighted by Crippen LogP contribution is -2.28. The zero-order valence-electron chi connectivity index (χ0n) is 9.89. The van der Waals surface area contributed by atoms with E-state index in [-0.39, 0.29) is 35.9 Å². The van der Waals surface area contributed by atoms with Crippen molar-refractivity contribution in [1.29, 1.82) is 0 Å². The van der Waals surface area contributed by atoms with Crippen LogP contribution in [0.15, 0.2) is 12.5 Å². The zero-order valence-corrected chi connectivity index (χ0v) is 10.7. The van der Waals surface area contributed by atoms with Crippen LogP contribution in [0.2, 0.25) is 0 Å². The highest BCUT2D eigenvalue weighted by molar-refractivity contribution is 6.02. The van der Waals surface area contributed by atoms with Gasteiger partial charge in [-0.25, -0.2) is 4.98 Å². The van der Waals surface area contributed by atoms with Gasteiger partial charge in [0, 0.05) is 18.4 Å². The molecule has 0 bridgehead atoms. The number of nitrogens with zero attached hydrogens (tertiary/aromatic N) is 1. The molecular formula is C12H16ClN3O2. The summed E-state index contributed by atoms with van der Waals surface area (Å²) in [5.41, 5.74) is 0.507. The molecule has 2 atom stereocenters. The number of aromatic nitrogens is 2. The first-order chi connectivity index (χ1) is 8.25. The van der Waals surface area contributed by atoms with Crippen molar-refractivity contribution in [2.45, 2.75) is 19.3 Å². The van der Waals surface area contributed by atoms with E-state index < -0.39 is 0 Å². The third-order valence-corrected chi connectivity index (χ3v) is 3.49. The number of Topliss-reactive ketones (excluding diaryl/α,β-unsaturated/α-hetero) is 1. The molecule has 98 valence electrons. The summed E-state index contributed by atoms with van der Waals surface area (Å²) in [7, 11) is 0. The third kappa shape index (κ3) is 2.72. The standard InChI is InChI=1S/C12H15N3O2.ClH/c16-11(10-5-13-6-15-10)8-3-9(8)12(17)14-4-7-1-2-7;/h5-9H,1-4H2,(H,13,15)(H,14,17);1H/t8-,9+;/m1./s1. The van der Waals surface area contributed by atoms with Crippen LogP contribution in [-0.4, -0.2) is 28.2 Å². The second-order valence-corrected chi connectivity index (χ2v) is 4.97. The van der Waals surface area contributed by atoms with Crippen LogP contribution in [0.1, 0.15) is 29.8 Å². The minimum Gasteiger partial charge on any atom is -0.356 e. The van der Waals surface area contributed by atoms with E-state index in [4.69, 9.17) is 0 Å². The Labute approximate surface area is 111 Å². The maximum atomic E-state index is 11.9. The fraction of sp³-hybridized carbons (Fsp3) is 0.583. The van der Waals surface area contributed by atoms with Crippen molar-refractivity contribution in [3.63, 3.8) is 0 Å². The van der Waals surface area contributed by atoms with Crippen molar-refractivity contribution in [2.75, 3.05) is 6.54 Å². The number of ketones is 1. The average Bonchev–Trinajstić information content (AvgIpc) is 3.24. The first-order valence-corrected chi connectivity index (χ1v) is 6.06. The SMILES string of the molecule is Cl.O=C(NCC1CC1)[C@H]1C[C@H]1C(=O)c1cnc[nH]1. The number of H-pyrrole nitrogens is 1. The molecule has 0 aliphatic heterocycles. The van der Waals surface area contributed by atoms with Crippen molar-refractivity contribution in [3.05, 3.63) is 18.2 Å². The lowest BCUT2D eigenvalue weighted by Gasteiger charge is -2.02. The molecule has 3 rings (SSSR count). The van der Waals surface area contributed by atoms with Crippen LogP contribution >= 0.6 is 12.4 Å². The zero-order chi connectivity index (χ0) is 11.8. The summed E-state index contributed by atoms with van der Waals surface area (Å²) in [6.07, 6.45) is 6.12. The molecule has 2 N–H and O–H groups in total. The third-order valence-electron chi connectivity index (χ3n) is 3.49. The molecular weight excluding hydrogens is 254 g/mol. The maximum absolute atomic E-state index is 11.9. The summed E-state index contributed by atoms with van der Waals surface area (Å²) in [4.78, 5) is 30.2. The summed E-state index contributed by atoms with van der Waals surface area (Å²) < 4.78 is 0. The predicted octanol–water partition coefficient (Wildman–Crippen LogP) is 1.18. The molecule has 2 saturated carbocycles.